The Labute approximate surface area is 114 Å². The van der Waals surface area contributed by atoms with Crippen molar-refractivity contribution < 1.29 is 13.9 Å². The number of hydrogen-bond donors (Lipinski definition) is 1. The highest BCUT2D eigenvalue weighted by molar-refractivity contribution is 7.13. The van der Waals surface area contributed by atoms with Crippen molar-refractivity contribution in [1.82, 2.24) is 10.3 Å². The highest BCUT2D eigenvalue weighted by atomic mass is 32.1. The van der Waals surface area contributed by atoms with Gasteiger partial charge in [-0.25, -0.2) is 4.98 Å². The van der Waals surface area contributed by atoms with Gasteiger partial charge in [-0.1, -0.05) is 6.07 Å². The van der Waals surface area contributed by atoms with Crippen molar-refractivity contribution in [2.75, 3.05) is 13.2 Å². The van der Waals surface area contributed by atoms with E-state index in [0.717, 1.165) is 24.3 Å². The van der Waals surface area contributed by atoms with Gasteiger partial charge in [0.2, 0.25) is 0 Å². The van der Waals surface area contributed by atoms with Crippen LogP contribution >= 0.6 is 11.3 Å². The number of nitrogens with zero attached hydrogens (tertiary/aromatic N) is 1. The van der Waals surface area contributed by atoms with Gasteiger partial charge in [0.25, 0.3) is 5.91 Å². The second kappa shape index (κ2) is 5.54. The Balaban J connectivity index is 1.68. The van der Waals surface area contributed by atoms with Crippen LogP contribution in [0.3, 0.4) is 0 Å². The molecule has 0 saturated carbocycles. The monoisotopic (exact) mass is 278 g/mol. The molecule has 1 atom stereocenters. The van der Waals surface area contributed by atoms with Gasteiger partial charge in [-0.05, 0) is 24.3 Å². The summed E-state index contributed by atoms with van der Waals surface area (Å²) in [6.07, 6.45) is 3.48. The summed E-state index contributed by atoms with van der Waals surface area (Å²) in [7, 11) is 0. The lowest BCUT2D eigenvalue weighted by molar-refractivity contribution is 0.0854. The molecule has 3 heterocycles. The lowest BCUT2D eigenvalue weighted by atomic mass is 10.2. The van der Waals surface area contributed by atoms with Crippen molar-refractivity contribution in [1.29, 1.82) is 0 Å². The highest BCUT2D eigenvalue weighted by Gasteiger charge is 2.21. The van der Waals surface area contributed by atoms with Gasteiger partial charge in [0.15, 0.2) is 17.8 Å². The van der Waals surface area contributed by atoms with Crippen LogP contribution in [0.2, 0.25) is 0 Å². The molecule has 1 saturated heterocycles. The molecule has 0 aliphatic carbocycles. The Morgan fingerprint density at radius 2 is 2.53 bits per heavy atom. The number of amides is 1. The third kappa shape index (κ3) is 2.69. The smallest absolute Gasteiger partial charge is 0.274 e. The second-order valence-electron chi connectivity index (χ2n) is 4.35. The van der Waals surface area contributed by atoms with E-state index in [0.29, 0.717) is 18.0 Å². The van der Waals surface area contributed by atoms with E-state index in [1.807, 2.05) is 17.5 Å². The summed E-state index contributed by atoms with van der Waals surface area (Å²) in [4.78, 5) is 17.0. The number of carbonyl (C=O) groups is 1. The van der Waals surface area contributed by atoms with Crippen molar-refractivity contribution in [3.05, 3.63) is 29.6 Å². The minimum absolute atomic E-state index is 0.126. The number of ether oxygens (including phenoxy) is 1. The predicted octanol–water partition coefficient (Wildman–Crippen LogP) is 2.31. The van der Waals surface area contributed by atoms with Crippen LogP contribution in [-0.4, -0.2) is 30.1 Å². The largest absolute Gasteiger partial charge is 0.442 e. The molecular formula is C13H14N2O3S. The Morgan fingerprint density at radius 3 is 3.26 bits per heavy atom. The normalized spacial score (nSPS) is 18.6. The van der Waals surface area contributed by atoms with Crippen LogP contribution < -0.4 is 5.32 Å². The molecule has 3 rings (SSSR count). The summed E-state index contributed by atoms with van der Waals surface area (Å²) in [6, 6.07) is 3.82. The molecule has 6 heteroatoms. The van der Waals surface area contributed by atoms with Crippen molar-refractivity contribution in [2.24, 2.45) is 0 Å². The van der Waals surface area contributed by atoms with E-state index in [9.17, 15) is 4.79 Å². The molecule has 2 aromatic heterocycles. The topological polar surface area (TPSA) is 64.4 Å². The Morgan fingerprint density at radius 1 is 1.58 bits per heavy atom. The standard InChI is InChI=1S/C13H14N2O3S/c16-13(14-7-9-3-1-5-17-9)11-12(18-8-15-11)10-4-2-6-19-10/h2,4,6,8-9H,1,3,5,7H2,(H,14,16)/t9-/m1/s1. The first-order valence-corrected chi connectivity index (χ1v) is 7.10. The number of thiophene rings is 1. The lowest BCUT2D eigenvalue weighted by Gasteiger charge is -2.09. The molecule has 2 aromatic rings. The third-order valence-electron chi connectivity index (χ3n) is 3.04. The zero-order chi connectivity index (χ0) is 13.1. The van der Waals surface area contributed by atoms with Gasteiger partial charge in [0.05, 0.1) is 11.0 Å². The van der Waals surface area contributed by atoms with Crippen LogP contribution in [0.1, 0.15) is 23.3 Å². The fourth-order valence-electron chi connectivity index (χ4n) is 2.09. The highest BCUT2D eigenvalue weighted by Crippen LogP contribution is 2.27. The fourth-order valence-corrected chi connectivity index (χ4v) is 2.80. The van der Waals surface area contributed by atoms with Crippen LogP contribution in [-0.2, 0) is 4.74 Å². The zero-order valence-electron chi connectivity index (χ0n) is 10.3. The Hall–Kier alpha value is -1.66. The minimum Gasteiger partial charge on any atom is -0.442 e. The van der Waals surface area contributed by atoms with Crippen LogP contribution in [0.15, 0.2) is 28.3 Å². The summed E-state index contributed by atoms with van der Waals surface area (Å²) in [5, 5.41) is 4.78. The number of oxazole rings is 1. The summed E-state index contributed by atoms with van der Waals surface area (Å²) in [5.41, 5.74) is 0.334. The Bertz CT molecular complexity index is 544. The number of rotatable bonds is 4. The van der Waals surface area contributed by atoms with Gasteiger partial charge in [-0.2, -0.15) is 0 Å². The van der Waals surface area contributed by atoms with Crippen LogP contribution in [0, 0.1) is 0 Å². The molecule has 0 spiro atoms. The van der Waals surface area contributed by atoms with Crippen molar-refractivity contribution >= 4 is 17.2 Å². The molecule has 0 radical (unpaired) electrons. The molecule has 1 N–H and O–H groups in total. The SMILES string of the molecule is O=C(NC[C@H]1CCCO1)c1ncoc1-c1cccs1. The summed E-state index contributed by atoms with van der Waals surface area (Å²) in [5.74, 6) is 0.312. The molecule has 19 heavy (non-hydrogen) atoms. The molecule has 1 amide bonds. The van der Waals surface area contributed by atoms with Gasteiger partial charge < -0.3 is 14.5 Å². The fraction of sp³-hybridized carbons (Fsp3) is 0.385. The van der Waals surface area contributed by atoms with E-state index in [1.54, 1.807) is 0 Å². The predicted molar refractivity (Wildman–Crippen MR) is 71.1 cm³/mol. The van der Waals surface area contributed by atoms with Gasteiger partial charge in [-0.3, -0.25) is 4.79 Å². The number of hydrogen-bond acceptors (Lipinski definition) is 5. The molecule has 100 valence electrons. The summed E-state index contributed by atoms with van der Waals surface area (Å²) >= 11 is 1.52. The summed E-state index contributed by atoms with van der Waals surface area (Å²) < 4.78 is 10.8. The maximum atomic E-state index is 12.1. The van der Waals surface area contributed by atoms with E-state index in [4.69, 9.17) is 9.15 Å². The van der Waals surface area contributed by atoms with Crippen LogP contribution in [0.4, 0.5) is 0 Å². The van der Waals surface area contributed by atoms with Crippen molar-refractivity contribution in [2.45, 2.75) is 18.9 Å². The van der Waals surface area contributed by atoms with E-state index >= 15 is 0 Å². The molecule has 0 aromatic carbocycles. The molecular weight excluding hydrogens is 264 g/mol. The number of nitrogens with one attached hydrogen (secondary N) is 1. The van der Waals surface area contributed by atoms with Gasteiger partial charge in [0, 0.05) is 13.2 Å². The number of carbonyl (C=O) groups excluding carboxylic acids is 1. The molecule has 1 aliphatic rings. The number of aromatic nitrogens is 1. The van der Waals surface area contributed by atoms with E-state index < -0.39 is 0 Å². The van der Waals surface area contributed by atoms with Gasteiger partial charge in [0.1, 0.15) is 0 Å². The molecule has 1 aliphatic heterocycles. The lowest BCUT2D eigenvalue weighted by Crippen LogP contribution is -2.32. The average Bonchev–Trinajstić information content (AvgIpc) is 3.14. The maximum Gasteiger partial charge on any atom is 0.274 e. The molecule has 5 nitrogen and oxygen atoms in total. The minimum atomic E-state index is -0.215. The van der Waals surface area contributed by atoms with Crippen molar-refractivity contribution in [3.63, 3.8) is 0 Å². The van der Waals surface area contributed by atoms with E-state index in [2.05, 4.69) is 10.3 Å². The second-order valence-corrected chi connectivity index (χ2v) is 5.30. The first-order chi connectivity index (χ1) is 9.34. The van der Waals surface area contributed by atoms with E-state index in [1.165, 1.54) is 17.7 Å². The average molecular weight is 278 g/mol. The van der Waals surface area contributed by atoms with E-state index in [-0.39, 0.29) is 12.0 Å². The van der Waals surface area contributed by atoms with Gasteiger partial charge >= 0.3 is 0 Å². The first kappa shape index (κ1) is 12.4. The summed E-state index contributed by atoms with van der Waals surface area (Å²) in [6.45, 7) is 1.31. The van der Waals surface area contributed by atoms with Crippen LogP contribution in [0.25, 0.3) is 10.6 Å². The van der Waals surface area contributed by atoms with Crippen LogP contribution in [0.5, 0.6) is 0 Å². The maximum absolute atomic E-state index is 12.1. The Kier molecular flexibility index (Phi) is 3.61. The third-order valence-corrected chi connectivity index (χ3v) is 3.91. The quantitative estimate of drug-likeness (QED) is 0.932. The molecule has 0 unspecified atom stereocenters. The van der Waals surface area contributed by atoms with Crippen molar-refractivity contribution in [3.8, 4) is 10.6 Å². The first-order valence-electron chi connectivity index (χ1n) is 6.22. The molecule has 0 bridgehead atoms. The molecule has 1 fully saturated rings. The van der Waals surface area contributed by atoms with Gasteiger partial charge in [-0.15, -0.1) is 11.3 Å². The zero-order valence-corrected chi connectivity index (χ0v) is 11.1.